The maximum absolute atomic E-state index is 10.5. The fourth-order valence-electron chi connectivity index (χ4n) is 3.38. The van der Waals surface area contributed by atoms with Crippen LogP contribution in [0, 0.1) is 71.0 Å². The average Bonchev–Trinajstić information content (AvgIpc) is 3.36. The minimum absolute atomic E-state index is 0.00926. The van der Waals surface area contributed by atoms with Gasteiger partial charge in [0.25, 0.3) is 0 Å². The number of nitrogens with one attached hydrogen (secondary N) is 2. The van der Waals surface area contributed by atoms with Crippen molar-refractivity contribution >= 4 is 83.7 Å². The summed E-state index contributed by atoms with van der Waals surface area (Å²) in [5.74, 6) is -1.72. The first-order valence-electron chi connectivity index (χ1n) is 26.4. The van der Waals surface area contributed by atoms with Crippen LogP contribution in [0.4, 0.5) is 0 Å². The Morgan fingerprint density at radius 1 is 0.475 bits per heavy atom. The Bertz CT molecular complexity index is 1640. The van der Waals surface area contributed by atoms with Crippen molar-refractivity contribution in [3.05, 3.63) is 0 Å². The number of amides is 12. The molecule has 27 heteroatoms. The van der Waals surface area contributed by atoms with E-state index < -0.39 is 35.7 Å². The van der Waals surface area contributed by atoms with Gasteiger partial charge in [-0.3, -0.25) is 57.5 Å². The molecule has 0 radical (unpaired) electrons. The number of carbonyl (C=O) groups is 12. The van der Waals surface area contributed by atoms with Crippen LogP contribution in [0.15, 0.2) is 0 Å². The second kappa shape index (κ2) is 63.7. The van der Waals surface area contributed by atoms with Gasteiger partial charge in [-0.1, -0.05) is 124 Å². The summed E-state index contributed by atoms with van der Waals surface area (Å²) in [5, 5.41) is 21.7. The molecule has 0 heterocycles. The van der Waals surface area contributed by atoms with E-state index in [1.54, 1.807) is 60.2 Å². The number of rotatable bonds is 27. The Hall–Kier alpha value is -6.09. The predicted molar refractivity (Wildman–Crippen MR) is 319 cm³/mol. The van der Waals surface area contributed by atoms with Gasteiger partial charge in [-0.15, -0.1) is 0 Å². The maximum atomic E-state index is 10.5. The number of hydrogen-bond acceptors (Lipinski definition) is 15. The Morgan fingerprint density at radius 3 is 0.963 bits per heavy atom. The highest BCUT2D eigenvalue weighted by atomic mass is 32.2. The lowest BCUT2D eigenvalue weighted by molar-refractivity contribution is -0.124. The van der Waals surface area contributed by atoms with Crippen LogP contribution in [0.25, 0.3) is 0 Å². The summed E-state index contributed by atoms with van der Waals surface area (Å²) in [5.41, 5.74) is 49.0. The van der Waals surface area contributed by atoms with Crippen molar-refractivity contribution in [3.63, 3.8) is 0 Å². The number of aliphatic hydroxyl groups excluding tert-OH is 2. The van der Waals surface area contributed by atoms with Crippen molar-refractivity contribution in [1.82, 2.24) is 10.6 Å². The molecule has 10 atom stereocenters. The molecule has 0 aromatic carbocycles. The summed E-state index contributed by atoms with van der Waals surface area (Å²) in [6, 6.07) is 0. The van der Waals surface area contributed by atoms with Gasteiger partial charge in [0.1, 0.15) is 0 Å². The summed E-state index contributed by atoms with van der Waals surface area (Å²) in [7, 11) is 0. The predicted octanol–water partition coefficient (Wildman–Crippen LogP) is 0.628. The third-order valence-corrected chi connectivity index (χ3v) is 11.7. The van der Waals surface area contributed by atoms with Crippen LogP contribution in [-0.2, 0) is 57.5 Å². The number of nitrogens with two attached hydrogens (primary N) is 10. The molecule has 476 valence electrons. The Morgan fingerprint density at radius 2 is 0.812 bits per heavy atom. The zero-order chi connectivity index (χ0) is 66.2. The largest absolute Gasteiger partial charge is 0.396 e. The molecule has 0 aliphatic rings. The highest BCUT2D eigenvalue weighted by molar-refractivity contribution is 7.98. The summed E-state index contributed by atoms with van der Waals surface area (Å²) in [4.78, 5) is 122. The zero-order valence-electron chi connectivity index (χ0n) is 52.0. The van der Waals surface area contributed by atoms with Crippen molar-refractivity contribution in [3.8, 4) is 0 Å². The molecule has 26 nitrogen and oxygen atoms in total. The SMILES string of the molecule is CC(C)C(C)C(N)=O.CC(C)C(N)=O.CC(C)CC(C)C(N)=O.CC(CCNC=O)C(N)=O.CC(CNC=O)C(N)=O.CC(CO)C(N)=O.CC(O)C(C)C(N)=O.CCC(C)C(C)C(N)=O.CCC(N)=O.CSCCC(C)C(N)=O. The molecule has 0 spiro atoms. The van der Waals surface area contributed by atoms with E-state index in [-0.39, 0.29) is 89.4 Å². The van der Waals surface area contributed by atoms with Crippen LogP contribution in [0.5, 0.6) is 0 Å². The van der Waals surface area contributed by atoms with Gasteiger partial charge in [0.05, 0.1) is 30.5 Å². The van der Waals surface area contributed by atoms with E-state index in [0.717, 1.165) is 25.0 Å². The minimum Gasteiger partial charge on any atom is -0.396 e. The van der Waals surface area contributed by atoms with Crippen LogP contribution in [-0.4, -0.2) is 120 Å². The number of hydrogen-bond donors (Lipinski definition) is 14. The quantitative estimate of drug-likeness (QED) is 0.0396. The average molecular weight is 1180 g/mol. The molecular formula is C53H114N12O14S. The van der Waals surface area contributed by atoms with Gasteiger partial charge >= 0.3 is 0 Å². The van der Waals surface area contributed by atoms with Crippen molar-refractivity contribution in [2.75, 3.05) is 31.7 Å². The fourth-order valence-corrected chi connectivity index (χ4v) is 3.97. The first kappa shape index (κ1) is 96.2. The number of primary amides is 10. The van der Waals surface area contributed by atoms with Crippen LogP contribution in [0.3, 0.4) is 0 Å². The van der Waals surface area contributed by atoms with Gasteiger partial charge in [0.2, 0.25) is 71.9 Å². The molecule has 12 amide bonds. The normalized spacial score (nSPS) is 13.2. The Balaban J connectivity index is -0.0000000855. The molecule has 24 N–H and O–H groups in total. The van der Waals surface area contributed by atoms with Gasteiger partial charge in [-0.05, 0) is 55.9 Å². The number of aliphatic hydroxyl groups is 2. The summed E-state index contributed by atoms with van der Waals surface area (Å²) in [6.45, 7) is 33.7. The first-order valence-corrected chi connectivity index (χ1v) is 27.8. The van der Waals surface area contributed by atoms with E-state index >= 15 is 0 Å². The van der Waals surface area contributed by atoms with E-state index in [1.807, 2.05) is 54.7 Å². The van der Waals surface area contributed by atoms with E-state index in [1.165, 1.54) is 6.92 Å². The fraction of sp³-hybridized carbons (Fsp3) is 0.774. The highest BCUT2D eigenvalue weighted by Gasteiger charge is 2.16. The Labute approximate surface area is 483 Å². The molecule has 0 aliphatic carbocycles. The molecular weight excluding hydrogens is 1060 g/mol. The van der Waals surface area contributed by atoms with Gasteiger partial charge in [0, 0.05) is 55.0 Å². The third-order valence-electron chi connectivity index (χ3n) is 11.1. The van der Waals surface area contributed by atoms with Crippen LogP contribution >= 0.6 is 11.8 Å². The third kappa shape index (κ3) is 85.8. The van der Waals surface area contributed by atoms with Crippen LogP contribution < -0.4 is 68.0 Å². The molecule has 80 heavy (non-hydrogen) atoms. The van der Waals surface area contributed by atoms with Crippen LogP contribution in [0.1, 0.15) is 157 Å². The van der Waals surface area contributed by atoms with Crippen LogP contribution in [0.2, 0.25) is 0 Å². The van der Waals surface area contributed by atoms with Gasteiger partial charge < -0.3 is 78.2 Å². The number of carbonyl (C=O) groups excluding carboxylic acids is 12. The van der Waals surface area contributed by atoms with Crippen molar-refractivity contribution in [1.29, 1.82) is 0 Å². The lowest BCUT2D eigenvalue weighted by Crippen LogP contribution is -2.30. The van der Waals surface area contributed by atoms with Crippen molar-refractivity contribution in [2.24, 2.45) is 128 Å². The van der Waals surface area contributed by atoms with E-state index in [0.29, 0.717) is 56.5 Å². The topological polar surface area (TPSA) is 530 Å². The highest BCUT2D eigenvalue weighted by Crippen LogP contribution is 2.13. The molecule has 0 saturated heterocycles. The molecule has 0 bridgehead atoms. The molecule has 0 fully saturated rings. The lowest BCUT2D eigenvalue weighted by atomic mass is 9.93. The molecule has 0 aliphatic heterocycles. The zero-order valence-corrected chi connectivity index (χ0v) is 52.8. The molecule has 0 aromatic heterocycles. The van der Waals surface area contributed by atoms with Crippen molar-refractivity contribution < 1.29 is 67.7 Å². The van der Waals surface area contributed by atoms with E-state index in [2.05, 4.69) is 37.1 Å². The van der Waals surface area contributed by atoms with Gasteiger partial charge in [-0.25, -0.2) is 0 Å². The molecule has 0 rings (SSSR count). The van der Waals surface area contributed by atoms with Gasteiger partial charge in [0.15, 0.2) is 0 Å². The monoisotopic (exact) mass is 1170 g/mol. The number of thioether (sulfide) groups is 1. The smallest absolute Gasteiger partial charge is 0.222 e. The minimum atomic E-state index is -0.632. The molecule has 10 unspecified atom stereocenters. The van der Waals surface area contributed by atoms with E-state index in [4.69, 9.17) is 61.8 Å². The first-order chi connectivity index (χ1) is 36.4. The Kier molecular flexibility index (Phi) is 76.6. The molecule has 0 saturated carbocycles. The second-order valence-electron chi connectivity index (χ2n) is 19.8. The van der Waals surface area contributed by atoms with Gasteiger partial charge in [-0.2, -0.15) is 11.8 Å². The second-order valence-corrected chi connectivity index (χ2v) is 20.8. The standard InChI is InChI=1S/2C7H15NO.C6H12N2O2.C6H13NOS.C6H13NO.C5H10N2O2.C5H11NO2.C4H9NO2.C4H9NO.C3H7NO/c1-5(2)4-6(3)7(8)9;1-4-5(2)6(3)7(8)9;1-5(6(7)10)2-3-8-4-9;1-5(6(7)8)3-4-9-2;1-4(2)5(3)6(7)8;1-4(5(6)9)2-7-3-8;1-3(4(2)7)5(6)8;1-3(2-6)4(5)7;1-3(2)4(5)6;1-2-3(4)5/h2*5-6H,4H2,1-3H3,(H2,8,9);4-5H,2-3H2,1H3,(H2,7,10)(H,8,9);5H,3-4H2,1-2H3,(H2,7,8);4-5H,1-3H3,(H2,7,8);3-4H,2H2,1H3,(H2,6,9)(H,7,8);3-4,7H,1-2H3,(H2,6,8);3,6H,2H2,1H3,(H2,5,7);3H,1-2H3,(H2,5,6);2H2,1H3,(H2,4,5). The lowest BCUT2D eigenvalue weighted by Gasteiger charge is -2.13. The maximum Gasteiger partial charge on any atom is 0.222 e. The summed E-state index contributed by atoms with van der Waals surface area (Å²) < 4.78 is 0. The summed E-state index contributed by atoms with van der Waals surface area (Å²) >= 11 is 1.74. The van der Waals surface area contributed by atoms with Crippen molar-refractivity contribution in [2.45, 2.75) is 163 Å². The summed E-state index contributed by atoms with van der Waals surface area (Å²) in [6.07, 6.45) is 6.40. The van der Waals surface area contributed by atoms with E-state index in [9.17, 15) is 57.5 Å². The molecule has 0 aromatic rings.